The van der Waals surface area contributed by atoms with Crippen LogP contribution < -0.4 is 0 Å². The molecule has 4 heteroatoms. The number of hydrogen-bond acceptors (Lipinski definition) is 2. The molecule has 2 rings (SSSR count). The lowest BCUT2D eigenvalue weighted by atomic mass is 10.3. The third-order valence-electron chi connectivity index (χ3n) is 1.23. The summed E-state index contributed by atoms with van der Waals surface area (Å²) in [7, 11) is 0. The summed E-state index contributed by atoms with van der Waals surface area (Å²) in [5, 5.41) is 3.78. The molecule has 66 valence electrons. The normalized spacial score (nSPS) is 20.1. The van der Waals surface area contributed by atoms with Crippen LogP contribution in [0.25, 0.3) is 5.82 Å². The second-order valence-electron chi connectivity index (χ2n) is 2.11. The second kappa shape index (κ2) is 3.30. The molecule has 2 heterocycles. The zero-order valence-corrected chi connectivity index (χ0v) is 7.81. The fourth-order valence-electron chi connectivity index (χ4n) is 0.721. The van der Waals surface area contributed by atoms with E-state index in [0.29, 0.717) is 0 Å². The summed E-state index contributed by atoms with van der Waals surface area (Å²) in [6.07, 6.45) is -1.06. The van der Waals surface area contributed by atoms with Gasteiger partial charge in [-0.3, -0.25) is 0 Å². The molecular formula is C9H8BrN3. The maximum atomic E-state index is 7.82. The fourth-order valence-corrected chi connectivity index (χ4v) is 0.968. The molecule has 0 radical (unpaired) electrons. The predicted molar refractivity (Wildman–Crippen MR) is 53.8 cm³/mol. The first kappa shape index (κ1) is 3.20. The molecule has 2 aromatic rings. The van der Waals surface area contributed by atoms with Gasteiger partial charge in [-0.25, -0.2) is 9.67 Å². The van der Waals surface area contributed by atoms with Crippen molar-refractivity contribution in [2.45, 2.75) is 6.85 Å². The number of nitrogens with zero attached hydrogens (tertiary/aromatic N) is 3. The lowest BCUT2D eigenvalue weighted by molar-refractivity contribution is 0.837. The van der Waals surface area contributed by atoms with Crippen molar-refractivity contribution in [3.63, 3.8) is 0 Å². The van der Waals surface area contributed by atoms with Crippen LogP contribution >= 0.6 is 15.9 Å². The molecule has 0 aliphatic carbocycles. The highest BCUT2D eigenvalue weighted by Gasteiger charge is 1.98. The van der Waals surface area contributed by atoms with Gasteiger partial charge in [-0.1, -0.05) is 6.04 Å². The van der Waals surface area contributed by atoms with Gasteiger partial charge in [0, 0.05) is 16.5 Å². The molecule has 0 N–H and O–H groups in total. The van der Waals surface area contributed by atoms with Gasteiger partial charge in [0.15, 0.2) is 5.82 Å². The molecule has 0 spiro atoms. The molecule has 3 nitrogen and oxygen atoms in total. The van der Waals surface area contributed by atoms with Crippen molar-refractivity contribution in [3.8, 4) is 5.82 Å². The first-order chi connectivity index (χ1) is 9.55. The Morgan fingerprint density at radius 2 is 2.46 bits per heavy atom. The highest BCUT2D eigenvalue weighted by atomic mass is 79.9. The minimum Gasteiger partial charge on any atom is -0.237 e. The second-order valence-corrected chi connectivity index (χ2v) is 2.86. The van der Waals surface area contributed by atoms with Crippen molar-refractivity contribution in [1.82, 2.24) is 14.8 Å². The van der Waals surface area contributed by atoms with Crippen LogP contribution in [-0.4, -0.2) is 14.8 Å². The van der Waals surface area contributed by atoms with Gasteiger partial charge < -0.3 is 0 Å². The van der Waals surface area contributed by atoms with Gasteiger partial charge in [0.2, 0.25) is 0 Å². The molecule has 0 saturated carbocycles. The van der Waals surface area contributed by atoms with E-state index in [1.807, 2.05) is 0 Å². The zero-order chi connectivity index (χ0) is 16.1. The first-order valence-electron chi connectivity index (χ1n) is 7.26. The van der Waals surface area contributed by atoms with E-state index in [0.717, 1.165) is 4.68 Å². The molecule has 0 amide bonds. The summed E-state index contributed by atoms with van der Waals surface area (Å²) < 4.78 is 61.2. The van der Waals surface area contributed by atoms with E-state index in [1.54, 1.807) is 0 Å². The third-order valence-corrected chi connectivity index (χ3v) is 1.58. The topological polar surface area (TPSA) is 30.7 Å². The number of aromatic nitrogens is 3. The lowest BCUT2D eigenvalue weighted by Gasteiger charge is -1.99. The summed E-state index contributed by atoms with van der Waals surface area (Å²) in [4.78, 5) is 3.66. The lowest BCUT2D eigenvalue weighted by Crippen LogP contribution is -1.97. The summed E-state index contributed by atoms with van der Waals surface area (Å²) in [5.41, 5.74) is -0.625. The average Bonchev–Trinajstić information content (AvgIpc) is 2.60. The quantitative estimate of drug-likeness (QED) is 0.773. The van der Waals surface area contributed by atoms with E-state index < -0.39 is 30.7 Å². The van der Waals surface area contributed by atoms with Crippen LogP contribution in [0.2, 0.25) is 0 Å². The number of hydrogen-bond donors (Lipinski definition) is 0. The molecule has 0 fully saturated rings. The fraction of sp³-hybridized carbons (Fsp3) is 0.111. The molecule has 0 bridgehead atoms. The van der Waals surface area contributed by atoms with E-state index in [4.69, 9.17) is 11.0 Å². The van der Waals surface area contributed by atoms with Gasteiger partial charge in [-0.15, -0.1) is 0 Å². The van der Waals surface area contributed by atoms with E-state index in [2.05, 4.69) is 26.0 Å². The van der Waals surface area contributed by atoms with Crippen molar-refractivity contribution in [3.05, 3.63) is 40.6 Å². The van der Waals surface area contributed by atoms with Crippen molar-refractivity contribution in [1.29, 1.82) is 0 Å². The minimum absolute atomic E-state index is 0.0478. The number of halogens is 1. The molecule has 2 aromatic heterocycles. The number of pyridine rings is 1. The molecule has 0 aromatic carbocycles. The van der Waals surface area contributed by atoms with Crippen molar-refractivity contribution >= 4 is 15.9 Å². The molecule has 0 saturated heterocycles. The van der Waals surface area contributed by atoms with Crippen LogP contribution in [0.15, 0.2) is 35.1 Å². The van der Waals surface area contributed by atoms with E-state index in [9.17, 15) is 0 Å². The SMILES string of the molecule is [2H]c1nc(-n2nc(Br)c([2H])c2[2H])c([2H])c([2H])c1C([2H])([2H])[2H]. The highest BCUT2D eigenvalue weighted by Crippen LogP contribution is 2.09. The highest BCUT2D eigenvalue weighted by molar-refractivity contribution is 9.10. The summed E-state index contributed by atoms with van der Waals surface area (Å²) in [5.74, 6) is -0.331. The van der Waals surface area contributed by atoms with Gasteiger partial charge in [-0.2, -0.15) is 5.10 Å². The average molecular weight is 246 g/mol. The predicted octanol–water partition coefficient (Wildman–Crippen LogP) is 2.34. The molecule has 13 heavy (non-hydrogen) atoms. The molecule has 0 atom stereocenters. The maximum absolute atomic E-state index is 7.82. The maximum Gasteiger partial charge on any atom is 0.153 e. The van der Waals surface area contributed by atoms with Crippen LogP contribution in [0.1, 0.15) is 16.5 Å². The Morgan fingerprint density at radius 3 is 3.15 bits per heavy atom. The van der Waals surface area contributed by atoms with Crippen LogP contribution in [0, 0.1) is 6.85 Å². The Balaban J connectivity index is 2.76. The van der Waals surface area contributed by atoms with Crippen LogP contribution in [0.3, 0.4) is 0 Å². The zero-order valence-electron chi connectivity index (χ0n) is 14.2. The standard InChI is InChI=1S/C9H8BrN3/c1-7-2-3-9(11-6-7)13-5-4-8(10)12-13/h2-6H,1H3/i1D3,2D,3D,4D,5D,6D. The van der Waals surface area contributed by atoms with Gasteiger partial charge >= 0.3 is 0 Å². The number of rotatable bonds is 1. The summed E-state index contributed by atoms with van der Waals surface area (Å²) in [6, 6.07) is -1.47. The Kier molecular flexibility index (Phi) is 0.813. The smallest absolute Gasteiger partial charge is 0.153 e. The monoisotopic (exact) mass is 245 g/mol. The Labute approximate surface area is 95.8 Å². The molecule has 0 unspecified atom stereocenters. The van der Waals surface area contributed by atoms with Crippen LogP contribution in [0.4, 0.5) is 0 Å². The van der Waals surface area contributed by atoms with Gasteiger partial charge in [0.25, 0.3) is 0 Å². The van der Waals surface area contributed by atoms with Gasteiger partial charge in [0.05, 0.1) is 6.85 Å². The van der Waals surface area contributed by atoms with Crippen LogP contribution in [0.5, 0.6) is 0 Å². The van der Waals surface area contributed by atoms with Crippen molar-refractivity contribution in [2.75, 3.05) is 0 Å². The molecular weight excluding hydrogens is 230 g/mol. The largest absolute Gasteiger partial charge is 0.237 e. The van der Waals surface area contributed by atoms with E-state index in [-0.39, 0.29) is 22.6 Å². The van der Waals surface area contributed by atoms with Gasteiger partial charge in [0.1, 0.15) is 4.60 Å². The minimum atomic E-state index is -2.73. The van der Waals surface area contributed by atoms with Gasteiger partial charge in [-0.05, 0) is 40.4 Å². The summed E-state index contributed by atoms with van der Waals surface area (Å²) >= 11 is 2.96. The third kappa shape index (κ3) is 1.78. The Bertz CT molecular complexity index is 723. The van der Waals surface area contributed by atoms with Crippen molar-refractivity contribution < 1.29 is 11.0 Å². The Hall–Kier alpha value is -1.16. The van der Waals surface area contributed by atoms with Crippen LogP contribution in [-0.2, 0) is 0 Å². The molecule has 0 aliphatic rings. The Morgan fingerprint density at radius 1 is 1.54 bits per heavy atom. The van der Waals surface area contributed by atoms with Crippen molar-refractivity contribution in [2.24, 2.45) is 0 Å². The van der Waals surface area contributed by atoms with E-state index in [1.165, 1.54) is 0 Å². The summed E-state index contributed by atoms with van der Waals surface area (Å²) in [6.45, 7) is -2.73. The molecule has 0 aliphatic heterocycles. The van der Waals surface area contributed by atoms with E-state index >= 15 is 0 Å². The first-order valence-corrected chi connectivity index (χ1v) is 4.05.